The molecule has 0 radical (unpaired) electrons. The van der Waals surface area contributed by atoms with E-state index < -0.39 is 0 Å². The lowest BCUT2D eigenvalue weighted by molar-refractivity contribution is -0.00115. The van der Waals surface area contributed by atoms with Crippen molar-refractivity contribution in [1.29, 1.82) is 0 Å². The molecule has 1 aliphatic rings. The molecule has 0 bridgehead atoms. The van der Waals surface area contributed by atoms with Crippen molar-refractivity contribution in [3.8, 4) is 17.3 Å². The van der Waals surface area contributed by atoms with Crippen molar-refractivity contribution in [1.82, 2.24) is 19.9 Å². The van der Waals surface area contributed by atoms with Gasteiger partial charge in [-0.05, 0) is 23.8 Å². The lowest BCUT2D eigenvalue weighted by atomic mass is 9.96. The summed E-state index contributed by atoms with van der Waals surface area (Å²) in [5.41, 5.74) is 2.62. The molecule has 1 atom stereocenters. The van der Waals surface area contributed by atoms with Crippen molar-refractivity contribution >= 4 is 0 Å². The standard InChI is InChI=1S/C19H22N4O3/c1-19(2,3)18-20-17(26-22-18)15-9-13-11-25-16(10-23(13)21-15)12-5-7-14(24-4)8-6-12/h5-9,16H,10-11H2,1-4H3. The molecule has 0 amide bonds. The van der Waals surface area contributed by atoms with Crippen LogP contribution in [0.25, 0.3) is 11.6 Å². The summed E-state index contributed by atoms with van der Waals surface area (Å²) in [4.78, 5) is 4.48. The van der Waals surface area contributed by atoms with E-state index in [0.717, 1.165) is 17.0 Å². The quantitative estimate of drug-likeness (QED) is 0.716. The highest BCUT2D eigenvalue weighted by atomic mass is 16.5. The predicted octanol–water partition coefficient (Wildman–Crippen LogP) is 3.51. The maximum atomic E-state index is 6.00. The molecular formula is C19H22N4O3. The van der Waals surface area contributed by atoms with Gasteiger partial charge in [0, 0.05) is 5.41 Å². The Morgan fingerprint density at radius 2 is 1.96 bits per heavy atom. The molecule has 0 N–H and O–H groups in total. The van der Waals surface area contributed by atoms with Crippen LogP contribution < -0.4 is 4.74 Å². The number of aromatic nitrogens is 4. The lowest BCUT2D eigenvalue weighted by Gasteiger charge is -2.24. The molecule has 0 aliphatic carbocycles. The Hall–Kier alpha value is -2.67. The molecule has 136 valence electrons. The first-order valence-electron chi connectivity index (χ1n) is 8.61. The number of hydrogen-bond acceptors (Lipinski definition) is 6. The van der Waals surface area contributed by atoms with Crippen molar-refractivity contribution in [2.75, 3.05) is 7.11 Å². The molecule has 3 aromatic rings. The second-order valence-electron chi connectivity index (χ2n) is 7.45. The van der Waals surface area contributed by atoms with E-state index in [2.05, 4.69) is 15.2 Å². The maximum absolute atomic E-state index is 6.00. The molecule has 3 heterocycles. The first kappa shape index (κ1) is 16.8. The minimum atomic E-state index is -0.163. The summed E-state index contributed by atoms with van der Waals surface area (Å²) in [6.07, 6.45) is -0.0472. The molecule has 7 nitrogen and oxygen atoms in total. The average molecular weight is 354 g/mol. The van der Waals surface area contributed by atoms with E-state index in [0.29, 0.717) is 30.6 Å². The molecule has 0 fully saturated rings. The number of ether oxygens (including phenoxy) is 2. The van der Waals surface area contributed by atoms with Crippen LogP contribution in [0.3, 0.4) is 0 Å². The van der Waals surface area contributed by atoms with Crippen LogP contribution in [0.5, 0.6) is 5.75 Å². The van der Waals surface area contributed by atoms with Crippen LogP contribution >= 0.6 is 0 Å². The van der Waals surface area contributed by atoms with Crippen LogP contribution in [0.15, 0.2) is 34.9 Å². The van der Waals surface area contributed by atoms with Gasteiger partial charge in [-0.2, -0.15) is 10.1 Å². The van der Waals surface area contributed by atoms with Crippen LogP contribution in [-0.2, 0) is 23.3 Å². The molecule has 4 rings (SSSR count). The van der Waals surface area contributed by atoms with Crippen LogP contribution in [-0.4, -0.2) is 27.0 Å². The van der Waals surface area contributed by atoms with Gasteiger partial charge in [0.25, 0.3) is 5.89 Å². The minimum absolute atomic E-state index is 0.0472. The van der Waals surface area contributed by atoms with Crippen LogP contribution in [0.1, 0.15) is 44.0 Å². The van der Waals surface area contributed by atoms with Crippen molar-refractivity contribution < 1.29 is 14.0 Å². The summed E-state index contributed by atoms with van der Waals surface area (Å²) in [6.45, 7) is 7.28. The highest BCUT2D eigenvalue weighted by Crippen LogP contribution is 2.30. The molecular weight excluding hydrogens is 332 g/mol. The summed E-state index contributed by atoms with van der Waals surface area (Å²) in [7, 11) is 1.66. The van der Waals surface area contributed by atoms with Crippen molar-refractivity contribution in [2.45, 2.75) is 45.4 Å². The van der Waals surface area contributed by atoms with Gasteiger partial charge in [0.2, 0.25) is 0 Å². The molecule has 0 spiro atoms. The predicted molar refractivity (Wildman–Crippen MR) is 94.7 cm³/mol. The van der Waals surface area contributed by atoms with Gasteiger partial charge in [0.05, 0.1) is 26.0 Å². The molecule has 7 heteroatoms. The minimum Gasteiger partial charge on any atom is -0.497 e. The smallest absolute Gasteiger partial charge is 0.278 e. The van der Waals surface area contributed by atoms with Gasteiger partial charge in [-0.1, -0.05) is 38.1 Å². The molecule has 0 saturated heterocycles. The van der Waals surface area contributed by atoms with E-state index in [-0.39, 0.29) is 11.5 Å². The van der Waals surface area contributed by atoms with E-state index in [1.807, 2.05) is 55.8 Å². The van der Waals surface area contributed by atoms with Gasteiger partial charge in [-0.25, -0.2) is 0 Å². The number of hydrogen-bond donors (Lipinski definition) is 0. The van der Waals surface area contributed by atoms with Crippen LogP contribution in [0, 0.1) is 0 Å². The SMILES string of the molecule is COc1ccc(C2Cn3nc(-c4nc(C(C)(C)C)no4)cc3CO2)cc1. The Kier molecular flexibility index (Phi) is 4.03. The third-order valence-corrected chi connectivity index (χ3v) is 4.44. The van der Waals surface area contributed by atoms with E-state index in [9.17, 15) is 0 Å². The second-order valence-corrected chi connectivity index (χ2v) is 7.45. The van der Waals surface area contributed by atoms with Gasteiger partial charge in [-0.15, -0.1) is 0 Å². The van der Waals surface area contributed by atoms with E-state index in [4.69, 9.17) is 14.0 Å². The van der Waals surface area contributed by atoms with E-state index in [1.54, 1.807) is 7.11 Å². The van der Waals surface area contributed by atoms with E-state index in [1.165, 1.54) is 0 Å². The first-order valence-corrected chi connectivity index (χ1v) is 8.61. The highest BCUT2D eigenvalue weighted by molar-refractivity contribution is 5.47. The Bertz CT molecular complexity index is 906. The summed E-state index contributed by atoms with van der Waals surface area (Å²) in [5, 5.41) is 8.71. The number of nitrogens with zero attached hydrogens (tertiary/aromatic N) is 4. The third kappa shape index (κ3) is 3.10. The lowest BCUT2D eigenvalue weighted by Crippen LogP contribution is -2.21. The van der Waals surface area contributed by atoms with Gasteiger partial charge >= 0.3 is 0 Å². The van der Waals surface area contributed by atoms with Gasteiger partial charge in [0.15, 0.2) is 11.5 Å². The monoisotopic (exact) mass is 354 g/mol. The van der Waals surface area contributed by atoms with Crippen LogP contribution in [0.4, 0.5) is 0 Å². The van der Waals surface area contributed by atoms with Gasteiger partial charge in [-0.3, -0.25) is 4.68 Å². The fraction of sp³-hybridized carbons (Fsp3) is 0.421. The Labute approximate surface area is 151 Å². The maximum Gasteiger partial charge on any atom is 0.278 e. The fourth-order valence-corrected chi connectivity index (χ4v) is 2.88. The topological polar surface area (TPSA) is 75.2 Å². The molecule has 1 unspecified atom stereocenters. The number of benzene rings is 1. The third-order valence-electron chi connectivity index (χ3n) is 4.44. The fourth-order valence-electron chi connectivity index (χ4n) is 2.88. The zero-order chi connectivity index (χ0) is 18.3. The Morgan fingerprint density at radius 1 is 1.19 bits per heavy atom. The van der Waals surface area contributed by atoms with Crippen molar-refractivity contribution in [3.05, 3.63) is 47.4 Å². The number of rotatable bonds is 3. The summed E-state index contributed by atoms with van der Waals surface area (Å²) in [5.74, 6) is 1.95. The molecule has 0 saturated carbocycles. The highest BCUT2D eigenvalue weighted by Gasteiger charge is 2.26. The van der Waals surface area contributed by atoms with Crippen molar-refractivity contribution in [3.63, 3.8) is 0 Å². The molecule has 2 aromatic heterocycles. The Morgan fingerprint density at radius 3 is 2.62 bits per heavy atom. The summed E-state index contributed by atoms with van der Waals surface area (Å²) in [6, 6.07) is 9.87. The number of methoxy groups -OCH3 is 1. The largest absolute Gasteiger partial charge is 0.497 e. The molecule has 1 aromatic carbocycles. The Balaban J connectivity index is 1.56. The zero-order valence-corrected chi connectivity index (χ0v) is 15.4. The molecule has 26 heavy (non-hydrogen) atoms. The van der Waals surface area contributed by atoms with Gasteiger partial charge < -0.3 is 14.0 Å². The first-order chi connectivity index (χ1) is 12.4. The molecule has 1 aliphatic heterocycles. The summed E-state index contributed by atoms with van der Waals surface area (Å²) < 4.78 is 18.6. The average Bonchev–Trinajstić information content (AvgIpc) is 3.27. The number of fused-ring (bicyclic) bond motifs is 1. The van der Waals surface area contributed by atoms with E-state index >= 15 is 0 Å². The normalized spacial score (nSPS) is 17.2. The van der Waals surface area contributed by atoms with Gasteiger partial charge in [0.1, 0.15) is 11.9 Å². The van der Waals surface area contributed by atoms with Crippen molar-refractivity contribution in [2.24, 2.45) is 0 Å². The second kappa shape index (κ2) is 6.25. The summed E-state index contributed by atoms with van der Waals surface area (Å²) >= 11 is 0. The van der Waals surface area contributed by atoms with Crippen LogP contribution in [0.2, 0.25) is 0 Å². The zero-order valence-electron chi connectivity index (χ0n) is 15.4.